The maximum absolute atomic E-state index is 10.7. The lowest BCUT2D eigenvalue weighted by Gasteiger charge is -2.08. The third-order valence-electron chi connectivity index (χ3n) is 4.78. The van der Waals surface area contributed by atoms with Crippen LogP contribution in [0.1, 0.15) is 23.6 Å². The van der Waals surface area contributed by atoms with Gasteiger partial charge in [0, 0.05) is 22.5 Å². The van der Waals surface area contributed by atoms with Crippen molar-refractivity contribution in [2.75, 3.05) is 6.54 Å². The Labute approximate surface area is 174 Å². The monoisotopic (exact) mass is 403 g/mol. The van der Waals surface area contributed by atoms with Crippen molar-refractivity contribution in [2.24, 2.45) is 4.99 Å². The Kier molecular flexibility index (Phi) is 5.65. The van der Waals surface area contributed by atoms with Gasteiger partial charge in [0.15, 0.2) is 5.88 Å². The second kappa shape index (κ2) is 8.52. The summed E-state index contributed by atoms with van der Waals surface area (Å²) in [5, 5.41) is 15.5. The molecular weight excluding hydrogens is 382 g/mol. The van der Waals surface area contributed by atoms with Crippen molar-refractivity contribution >= 4 is 33.9 Å². The summed E-state index contributed by atoms with van der Waals surface area (Å²) >= 11 is 6.12. The van der Waals surface area contributed by atoms with Gasteiger partial charge in [0.2, 0.25) is 0 Å². The van der Waals surface area contributed by atoms with Crippen LogP contribution in [0, 0.1) is 0 Å². The van der Waals surface area contributed by atoms with Gasteiger partial charge in [0.25, 0.3) is 0 Å². The number of benzene rings is 3. The fourth-order valence-electron chi connectivity index (χ4n) is 3.34. The molecule has 29 heavy (non-hydrogen) atoms. The average molecular weight is 404 g/mol. The number of fused-ring (bicyclic) bond motifs is 1. The largest absolute Gasteiger partial charge is 0.494 e. The zero-order valence-electron chi connectivity index (χ0n) is 16.1. The first-order valence-corrected chi connectivity index (χ1v) is 9.98. The average Bonchev–Trinajstić information content (AvgIpc) is 3.06. The molecule has 0 saturated heterocycles. The number of aliphatic imine (C=N–C) groups is 1. The van der Waals surface area contributed by atoms with Crippen molar-refractivity contribution in [3.8, 4) is 5.88 Å². The number of rotatable bonds is 6. The SMILES string of the molecule is CCNCc1ccc(N=C(c2ccccc2)c2c(O)[nH]c3cc(Cl)ccc23)cc1. The molecule has 1 aromatic heterocycles. The van der Waals surface area contributed by atoms with Crippen molar-refractivity contribution in [1.29, 1.82) is 0 Å². The molecule has 4 rings (SSSR count). The zero-order chi connectivity index (χ0) is 20.2. The van der Waals surface area contributed by atoms with Crippen LogP contribution in [-0.2, 0) is 6.54 Å². The van der Waals surface area contributed by atoms with Crippen molar-refractivity contribution < 1.29 is 5.11 Å². The number of nitrogens with one attached hydrogen (secondary N) is 2. The summed E-state index contributed by atoms with van der Waals surface area (Å²) in [4.78, 5) is 7.93. The van der Waals surface area contributed by atoms with Gasteiger partial charge in [-0.3, -0.25) is 0 Å². The van der Waals surface area contributed by atoms with Crippen LogP contribution in [0.4, 0.5) is 5.69 Å². The molecule has 0 aliphatic carbocycles. The highest BCUT2D eigenvalue weighted by molar-refractivity contribution is 6.31. The third-order valence-corrected chi connectivity index (χ3v) is 5.02. The highest BCUT2D eigenvalue weighted by Crippen LogP contribution is 2.32. The molecule has 3 aromatic carbocycles. The van der Waals surface area contributed by atoms with Gasteiger partial charge in [-0.05, 0) is 36.4 Å². The number of aromatic hydroxyl groups is 1. The molecule has 0 spiro atoms. The maximum atomic E-state index is 10.7. The number of halogens is 1. The summed E-state index contributed by atoms with van der Waals surface area (Å²) in [5.41, 5.74) is 5.10. The Morgan fingerprint density at radius 3 is 2.52 bits per heavy atom. The maximum Gasteiger partial charge on any atom is 0.199 e. The van der Waals surface area contributed by atoms with E-state index < -0.39 is 0 Å². The van der Waals surface area contributed by atoms with Gasteiger partial charge in [0.1, 0.15) is 0 Å². The number of aromatic nitrogens is 1. The summed E-state index contributed by atoms with van der Waals surface area (Å²) < 4.78 is 0. The van der Waals surface area contributed by atoms with E-state index in [1.165, 1.54) is 5.56 Å². The summed E-state index contributed by atoms with van der Waals surface area (Å²) in [7, 11) is 0. The smallest absolute Gasteiger partial charge is 0.199 e. The lowest BCUT2D eigenvalue weighted by molar-refractivity contribution is 0.457. The van der Waals surface area contributed by atoms with E-state index in [2.05, 4.69) is 29.4 Å². The lowest BCUT2D eigenvalue weighted by atomic mass is 10.0. The molecule has 0 aliphatic heterocycles. The Morgan fingerprint density at radius 1 is 1.03 bits per heavy atom. The van der Waals surface area contributed by atoms with Crippen molar-refractivity contribution in [3.05, 3.63) is 94.5 Å². The lowest BCUT2D eigenvalue weighted by Crippen LogP contribution is -2.11. The molecule has 0 bridgehead atoms. The molecule has 0 fully saturated rings. The van der Waals surface area contributed by atoms with E-state index in [-0.39, 0.29) is 5.88 Å². The van der Waals surface area contributed by atoms with Gasteiger partial charge in [-0.15, -0.1) is 0 Å². The highest BCUT2D eigenvalue weighted by Gasteiger charge is 2.18. The number of nitrogens with zero attached hydrogens (tertiary/aromatic N) is 1. The molecular formula is C24H22ClN3O. The summed E-state index contributed by atoms with van der Waals surface area (Å²) in [6.45, 7) is 3.85. The van der Waals surface area contributed by atoms with Gasteiger partial charge in [-0.2, -0.15) is 0 Å². The van der Waals surface area contributed by atoms with E-state index in [4.69, 9.17) is 16.6 Å². The number of aromatic amines is 1. The predicted octanol–water partition coefficient (Wildman–Crippen LogP) is 5.81. The molecule has 4 nitrogen and oxygen atoms in total. The third kappa shape index (κ3) is 4.19. The van der Waals surface area contributed by atoms with Crippen LogP contribution in [-0.4, -0.2) is 22.3 Å². The van der Waals surface area contributed by atoms with Gasteiger partial charge in [-0.1, -0.05) is 67.1 Å². The number of hydrogen-bond donors (Lipinski definition) is 3. The van der Waals surface area contributed by atoms with Crippen LogP contribution in [0.15, 0.2) is 77.8 Å². The van der Waals surface area contributed by atoms with E-state index in [0.29, 0.717) is 16.3 Å². The molecule has 5 heteroatoms. The minimum Gasteiger partial charge on any atom is -0.494 e. The molecule has 4 aromatic rings. The Balaban J connectivity index is 1.84. The topological polar surface area (TPSA) is 60.4 Å². The first kappa shape index (κ1) is 19.2. The second-order valence-electron chi connectivity index (χ2n) is 6.81. The Morgan fingerprint density at radius 2 is 1.79 bits per heavy atom. The minimum absolute atomic E-state index is 0.0774. The molecule has 0 aliphatic rings. The molecule has 0 radical (unpaired) electrons. The van der Waals surface area contributed by atoms with Crippen LogP contribution in [0.5, 0.6) is 5.88 Å². The van der Waals surface area contributed by atoms with Gasteiger partial charge in [-0.25, -0.2) is 4.99 Å². The molecule has 0 saturated carbocycles. The first-order valence-electron chi connectivity index (χ1n) is 9.60. The Bertz CT molecular complexity index is 1150. The highest BCUT2D eigenvalue weighted by atomic mass is 35.5. The molecule has 146 valence electrons. The van der Waals surface area contributed by atoms with E-state index in [9.17, 15) is 5.11 Å². The van der Waals surface area contributed by atoms with Crippen LogP contribution in [0.3, 0.4) is 0 Å². The predicted molar refractivity (Wildman–Crippen MR) is 121 cm³/mol. The standard InChI is InChI=1S/C24H22ClN3O/c1-2-26-15-16-8-11-19(12-9-16)27-23(17-6-4-3-5-7-17)22-20-13-10-18(25)14-21(20)28-24(22)29/h3-14,26,28-29H,2,15H2,1H3. The van der Waals surface area contributed by atoms with Crippen molar-refractivity contribution in [2.45, 2.75) is 13.5 Å². The van der Waals surface area contributed by atoms with Gasteiger partial charge in [0.05, 0.1) is 22.5 Å². The Hall–Kier alpha value is -3.08. The van der Waals surface area contributed by atoms with E-state index in [1.807, 2.05) is 54.6 Å². The van der Waals surface area contributed by atoms with Crippen LogP contribution >= 0.6 is 11.6 Å². The van der Waals surface area contributed by atoms with E-state index in [1.54, 1.807) is 6.07 Å². The number of H-pyrrole nitrogens is 1. The zero-order valence-corrected chi connectivity index (χ0v) is 16.9. The normalized spacial score (nSPS) is 11.9. The fraction of sp³-hybridized carbons (Fsp3) is 0.125. The fourth-order valence-corrected chi connectivity index (χ4v) is 3.51. The van der Waals surface area contributed by atoms with Crippen LogP contribution < -0.4 is 5.32 Å². The van der Waals surface area contributed by atoms with Crippen LogP contribution in [0.2, 0.25) is 5.02 Å². The summed E-state index contributed by atoms with van der Waals surface area (Å²) in [5.74, 6) is 0.0774. The van der Waals surface area contributed by atoms with Crippen molar-refractivity contribution in [1.82, 2.24) is 10.3 Å². The molecule has 3 N–H and O–H groups in total. The molecule has 1 heterocycles. The van der Waals surface area contributed by atoms with E-state index >= 15 is 0 Å². The van der Waals surface area contributed by atoms with Crippen LogP contribution in [0.25, 0.3) is 10.9 Å². The summed E-state index contributed by atoms with van der Waals surface area (Å²) in [6, 6.07) is 23.5. The summed E-state index contributed by atoms with van der Waals surface area (Å²) in [6.07, 6.45) is 0. The first-order chi connectivity index (χ1) is 14.2. The molecule has 0 unspecified atom stereocenters. The van der Waals surface area contributed by atoms with E-state index in [0.717, 1.165) is 35.2 Å². The van der Waals surface area contributed by atoms with Gasteiger partial charge >= 0.3 is 0 Å². The second-order valence-corrected chi connectivity index (χ2v) is 7.25. The number of hydrogen-bond acceptors (Lipinski definition) is 3. The van der Waals surface area contributed by atoms with Gasteiger partial charge < -0.3 is 15.4 Å². The quantitative estimate of drug-likeness (QED) is 0.356. The molecule has 0 amide bonds. The molecule has 0 atom stereocenters. The van der Waals surface area contributed by atoms with Crippen molar-refractivity contribution in [3.63, 3.8) is 0 Å². The minimum atomic E-state index is 0.0774.